The van der Waals surface area contributed by atoms with Crippen LogP contribution in [0.15, 0.2) is 0 Å². The number of carbonyl (C=O) groups excluding carboxylic acids is 1. The predicted octanol–water partition coefficient (Wildman–Crippen LogP) is 5.62. The molecule has 1 N–H and O–H groups in total. The molecule has 2 heteroatoms. The van der Waals surface area contributed by atoms with Crippen LogP contribution in [0, 0.1) is 46.3 Å². The van der Waals surface area contributed by atoms with Gasteiger partial charge in [-0.3, -0.25) is 0 Å². The van der Waals surface area contributed by atoms with Gasteiger partial charge in [-0.1, -0.05) is 20.8 Å². The van der Waals surface area contributed by atoms with Gasteiger partial charge in [0.25, 0.3) is 0 Å². The maximum Gasteiger partial charge on any atom is 0.120 e. The molecular formula is C24H40O2. The Kier molecular flexibility index (Phi) is 5.04. The van der Waals surface area contributed by atoms with Crippen LogP contribution in [0.3, 0.4) is 0 Å². The summed E-state index contributed by atoms with van der Waals surface area (Å²) in [6.07, 6.45) is 14.7. The van der Waals surface area contributed by atoms with Crippen LogP contribution < -0.4 is 0 Å². The molecule has 4 aliphatic carbocycles. The Labute approximate surface area is 160 Å². The fraction of sp³-hybridized carbons (Fsp3) is 0.958. The van der Waals surface area contributed by atoms with Gasteiger partial charge >= 0.3 is 0 Å². The van der Waals surface area contributed by atoms with E-state index in [1.807, 2.05) is 0 Å². The standard InChI is InChI=1S/C24H40O2/c1-16(5-4-14-25)20-8-9-21-19-7-6-17-15-18(26)10-12-23(17,2)22(19)11-13-24(20,21)3/h14,16-22,26H,4-13,15H2,1-3H3/t16?,17-,18+,19+,20?,21?,22?,23+,24-/m1/s1. The summed E-state index contributed by atoms with van der Waals surface area (Å²) in [6.45, 7) is 7.61. The number of rotatable bonds is 4. The van der Waals surface area contributed by atoms with Gasteiger partial charge in [-0.05, 0) is 111 Å². The molecule has 4 aliphatic rings. The Hall–Kier alpha value is -0.370. The summed E-state index contributed by atoms with van der Waals surface area (Å²) in [5.41, 5.74) is 1.01. The maximum absolute atomic E-state index is 10.8. The SMILES string of the molecule is CC(CCC=O)C1CCC2[C@@H]3CC[C@@H]4C[C@@H](O)CC[C@]4(C)C3CC[C@]12C. The summed E-state index contributed by atoms with van der Waals surface area (Å²) in [5.74, 6) is 5.02. The van der Waals surface area contributed by atoms with E-state index in [1.54, 1.807) is 0 Å². The minimum atomic E-state index is -0.0342. The lowest BCUT2D eigenvalue weighted by Crippen LogP contribution is -2.54. The summed E-state index contributed by atoms with van der Waals surface area (Å²) >= 11 is 0. The molecule has 0 aromatic rings. The summed E-state index contributed by atoms with van der Waals surface area (Å²) < 4.78 is 0. The number of hydrogen-bond acceptors (Lipinski definition) is 2. The first-order valence-electron chi connectivity index (χ1n) is 11.5. The molecule has 0 spiro atoms. The summed E-state index contributed by atoms with van der Waals surface area (Å²) in [6, 6.07) is 0. The number of hydrogen-bond donors (Lipinski definition) is 1. The van der Waals surface area contributed by atoms with Crippen LogP contribution in [-0.4, -0.2) is 17.5 Å². The number of aldehydes is 1. The minimum Gasteiger partial charge on any atom is -0.393 e. The predicted molar refractivity (Wildman–Crippen MR) is 106 cm³/mol. The second kappa shape index (κ2) is 6.90. The van der Waals surface area contributed by atoms with Crippen LogP contribution in [0.1, 0.15) is 91.4 Å². The van der Waals surface area contributed by atoms with Crippen LogP contribution in [0.4, 0.5) is 0 Å². The van der Waals surface area contributed by atoms with Crippen molar-refractivity contribution in [2.24, 2.45) is 46.3 Å². The van der Waals surface area contributed by atoms with Crippen LogP contribution in [0.25, 0.3) is 0 Å². The van der Waals surface area contributed by atoms with Crippen LogP contribution in [0.5, 0.6) is 0 Å². The molecule has 0 aliphatic heterocycles. The average molecular weight is 361 g/mol. The Balaban J connectivity index is 1.53. The van der Waals surface area contributed by atoms with Crippen LogP contribution in [0.2, 0.25) is 0 Å². The van der Waals surface area contributed by atoms with E-state index in [2.05, 4.69) is 20.8 Å². The largest absolute Gasteiger partial charge is 0.393 e. The van der Waals surface area contributed by atoms with Gasteiger partial charge in [-0.15, -0.1) is 0 Å². The Morgan fingerprint density at radius 1 is 1.00 bits per heavy atom. The lowest BCUT2D eigenvalue weighted by atomic mass is 9.44. The van der Waals surface area contributed by atoms with Gasteiger partial charge in [0.15, 0.2) is 0 Å². The Morgan fingerprint density at radius 2 is 1.73 bits per heavy atom. The molecule has 0 bridgehead atoms. The number of aliphatic hydroxyl groups is 1. The molecule has 148 valence electrons. The minimum absolute atomic E-state index is 0.0342. The number of carbonyl (C=O) groups is 1. The van der Waals surface area contributed by atoms with Gasteiger partial charge in [0.2, 0.25) is 0 Å². The Bertz CT molecular complexity index is 530. The first-order valence-corrected chi connectivity index (χ1v) is 11.5. The molecule has 26 heavy (non-hydrogen) atoms. The lowest BCUT2D eigenvalue weighted by molar-refractivity contribution is -0.129. The first-order chi connectivity index (χ1) is 12.4. The average Bonchev–Trinajstić information content (AvgIpc) is 2.97. The smallest absolute Gasteiger partial charge is 0.120 e. The van der Waals surface area contributed by atoms with E-state index in [4.69, 9.17) is 0 Å². The van der Waals surface area contributed by atoms with E-state index in [1.165, 1.54) is 44.9 Å². The van der Waals surface area contributed by atoms with Crippen molar-refractivity contribution in [3.05, 3.63) is 0 Å². The Morgan fingerprint density at radius 3 is 2.50 bits per heavy atom. The highest BCUT2D eigenvalue weighted by molar-refractivity contribution is 5.49. The normalized spacial score (nSPS) is 51.8. The fourth-order valence-electron chi connectivity index (χ4n) is 8.74. The topological polar surface area (TPSA) is 37.3 Å². The molecule has 0 radical (unpaired) electrons. The van der Waals surface area contributed by atoms with E-state index in [0.29, 0.717) is 16.7 Å². The molecule has 4 fully saturated rings. The monoisotopic (exact) mass is 360 g/mol. The molecule has 0 amide bonds. The third-order valence-corrected chi connectivity index (χ3v) is 10.1. The van der Waals surface area contributed by atoms with E-state index in [9.17, 15) is 9.90 Å². The van der Waals surface area contributed by atoms with Crippen molar-refractivity contribution in [2.75, 3.05) is 0 Å². The van der Waals surface area contributed by atoms with E-state index < -0.39 is 0 Å². The van der Waals surface area contributed by atoms with E-state index in [0.717, 1.165) is 61.6 Å². The zero-order valence-corrected chi connectivity index (χ0v) is 17.3. The molecule has 4 unspecified atom stereocenters. The molecule has 0 aromatic carbocycles. The van der Waals surface area contributed by atoms with E-state index in [-0.39, 0.29) is 6.10 Å². The fourth-order valence-corrected chi connectivity index (χ4v) is 8.74. The summed E-state index contributed by atoms with van der Waals surface area (Å²) in [5, 5.41) is 10.2. The van der Waals surface area contributed by atoms with Crippen molar-refractivity contribution in [2.45, 2.75) is 97.5 Å². The molecule has 9 atom stereocenters. The molecule has 0 saturated heterocycles. The second-order valence-corrected chi connectivity index (χ2v) is 11.0. The van der Waals surface area contributed by atoms with Gasteiger partial charge < -0.3 is 9.90 Å². The quantitative estimate of drug-likeness (QED) is 0.661. The van der Waals surface area contributed by atoms with Crippen molar-refractivity contribution in [3.63, 3.8) is 0 Å². The second-order valence-electron chi connectivity index (χ2n) is 11.0. The molecule has 0 aromatic heterocycles. The molecule has 2 nitrogen and oxygen atoms in total. The maximum atomic E-state index is 10.8. The molecule has 0 heterocycles. The highest BCUT2D eigenvalue weighted by Gasteiger charge is 2.60. The van der Waals surface area contributed by atoms with Gasteiger partial charge in [0, 0.05) is 6.42 Å². The number of aliphatic hydroxyl groups excluding tert-OH is 1. The molecular weight excluding hydrogens is 320 g/mol. The zero-order chi connectivity index (χ0) is 18.5. The molecule has 4 saturated carbocycles. The van der Waals surface area contributed by atoms with Gasteiger partial charge in [-0.2, -0.15) is 0 Å². The number of fused-ring (bicyclic) bond motifs is 5. The van der Waals surface area contributed by atoms with Crippen LogP contribution >= 0.6 is 0 Å². The van der Waals surface area contributed by atoms with Crippen molar-refractivity contribution >= 4 is 6.29 Å². The van der Waals surface area contributed by atoms with E-state index >= 15 is 0 Å². The zero-order valence-electron chi connectivity index (χ0n) is 17.3. The third kappa shape index (κ3) is 2.81. The van der Waals surface area contributed by atoms with Crippen molar-refractivity contribution in [1.29, 1.82) is 0 Å². The van der Waals surface area contributed by atoms with Gasteiger partial charge in [0.05, 0.1) is 6.10 Å². The third-order valence-electron chi connectivity index (χ3n) is 10.1. The van der Waals surface area contributed by atoms with Crippen molar-refractivity contribution in [1.82, 2.24) is 0 Å². The van der Waals surface area contributed by atoms with Crippen molar-refractivity contribution in [3.8, 4) is 0 Å². The lowest BCUT2D eigenvalue weighted by Gasteiger charge is -2.61. The van der Waals surface area contributed by atoms with Crippen LogP contribution in [-0.2, 0) is 4.79 Å². The highest BCUT2D eigenvalue weighted by atomic mass is 16.3. The molecule has 4 rings (SSSR count). The summed E-state index contributed by atoms with van der Waals surface area (Å²) in [4.78, 5) is 10.8. The van der Waals surface area contributed by atoms with Gasteiger partial charge in [0.1, 0.15) is 6.29 Å². The highest BCUT2D eigenvalue weighted by Crippen LogP contribution is 2.68. The first kappa shape index (κ1) is 19.0. The van der Waals surface area contributed by atoms with Gasteiger partial charge in [-0.25, -0.2) is 0 Å². The summed E-state index contributed by atoms with van der Waals surface area (Å²) in [7, 11) is 0. The van der Waals surface area contributed by atoms with Crippen molar-refractivity contribution < 1.29 is 9.90 Å².